The van der Waals surface area contributed by atoms with Gasteiger partial charge in [-0.1, -0.05) is 20.8 Å². The normalized spacial score (nSPS) is 23.6. The van der Waals surface area contributed by atoms with Crippen LogP contribution in [-0.4, -0.2) is 61.1 Å². The van der Waals surface area contributed by atoms with E-state index < -0.39 is 0 Å². The molecule has 0 aliphatic carbocycles. The van der Waals surface area contributed by atoms with Crippen molar-refractivity contribution >= 4 is 5.91 Å². The van der Waals surface area contributed by atoms with Crippen LogP contribution in [0.4, 0.5) is 0 Å². The molecule has 2 saturated heterocycles. The Kier molecular flexibility index (Phi) is 4.85. The highest BCUT2D eigenvalue weighted by Crippen LogP contribution is 2.21. The van der Waals surface area contributed by atoms with Crippen molar-refractivity contribution in [2.45, 2.75) is 46.1 Å². The zero-order valence-electron chi connectivity index (χ0n) is 12.7. The highest BCUT2D eigenvalue weighted by Gasteiger charge is 2.28. The number of nitrogens with zero attached hydrogens (tertiary/aromatic N) is 2. The molecule has 0 aromatic heterocycles. The van der Waals surface area contributed by atoms with Gasteiger partial charge in [0.1, 0.15) is 0 Å². The zero-order valence-corrected chi connectivity index (χ0v) is 12.7. The molecule has 0 aromatic carbocycles. The van der Waals surface area contributed by atoms with E-state index in [1.807, 2.05) is 4.90 Å². The monoisotopic (exact) mass is 268 g/mol. The number of ether oxygens (including phenoxy) is 1. The van der Waals surface area contributed by atoms with E-state index in [4.69, 9.17) is 4.74 Å². The molecule has 0 bridgehead atoms. The molecule has 0 N–H and O–H groups in total. The predicted molar refractivity (Wildman–Crippen MR) is 76.1 cm³/mol. The van der Waals surface area contributed by atoms with Gasteiger partial charge in [-0.2, -0.15) is 0 Å². The summed E-state index contributed by atoms with van der Waals surface area (Å²) in [5.41, 5.74) is 0.0922. The summed E-state index contributed by atoms with van der Waals surface area (Å²) >= 11 is 0. The minimum atomic E-state index is 0.0922. The van der Waals surface area contributed by atoms with Gasteiger partial charge in [-0.05, 0) is 18.3 Å². The highest BCUT2D eigenvalue weighted by atomic mass is 16.5. The van der Waals surface area contributed by atoms with E-state index in [1.54, 1.807) is 0 Å². The van der Waals surface area contributed by atoms with E-state index in [1.165, 1.54) is 0 Å². The molecule has 0 aromatic rings. The number of carbonyl (C=O) groups excluding carboxylic acids is 1. The van der Waals surface area contributed by atoms with E-state index >= 15 is 0 Å². The quantitative estimate of drug-likeness (QED) is 0.765. The smallest absolute Gasteiger partial charge is 0.223 e. The number of hydrogen-bond donors (Lipinski definition) is 0. The first kappa shape index (κ1) is 14.8. The Balaban J connectivity index is 1.77. The SMILES string of the molecule is CC(C)(C)CC(=O)N1CCN(C2CCOCC2)CC1. The van der Waals surface area contributed by atoms with E-state index in [2.05, 4.69) is 25.7 Å². The summed E-state index contributed by atoms with van der Waals surface area (Å²) in [4.78, 5) is 16.8. The molecule has 2 rings (SSSR count). The van der Waals surface area contributed by atoms with Crippen molar-refractivity contribution in [3.63, 3.8) is 0 Å². The number of piperazine rings is 1. The number of hydrogen-bond acceptors (Lipinski definition) is 3. The van der Waals surface area contributed by atoms with Gasteiger partial charge in [0.25, 0.3) is 0 Å². The van der Waals surface area contributed by atoms with Gasteiger partial charge < -0.3 is 9.64 Å². The van der Waals surface area contributed by atoms with Gasteiger partial charge in [-0.3, -0.25) is 9.69 Å². The van der Waals surface area contributed by atoms with E-state index in [0.717, 1.165) is 52.2 Å². The van der Waals surface area contributed by atoms with Crippen LogP contribution in [0.25, 0.3) is 0 Å². The Labute approximate surface area is 117 Å². The molecule has 4 heteroatoms. The van der Waals surface area contributed by atoms with Crippen LogP contribution in [0, 0.1) is 5.41 Å². The maximum atomic E-state index is 12.2. The fourth-order valence-corrected chi connectivity index (χ4v) is 2.95. The maximum Gasteiger partial charge on any atom is 0.223 e. The Hall–Kier alpha value is -0.610. The predicted octanol–water partition coefficient (Wildman–Crippen LogP) is 1.75. The van der Waals surface area contributed by atoms with Gasteiger partial charge in [-0.25, -0.2) is 0 Å². The van der Waals surface area contributed by atoms with Gasteiger partial charge in [0.05, 0.1) is 0 Å². The third-order valence-corrected chi connectivity index (χ3v) is 4.06. The minimum Gasteiger partial charge on any atom is -0.381 e. The summed E-state index contributed by atoms with van der Waals surface area (Å²) in [6.45, 7) is 12.0. The van der Waals surface area contributed by atoms with Crippen LogP contribution in [0.15, 0.2) is 0 Å². The largest absolute Gasteiger partial charge is 0.381 e. The van der Waals surface area contributed by atoms with Gasteiger partial charge in [0.15, 0.2) is 0 Å². The van der Waals surface area contributed by atoms with Crippen molar-refractivity contribution in [1.82, 2.24) is 9.80 Å². The third-order valence-electron chi connectivity index (χ3n) is 4.06. The zero-order chi connectivity index (χ0) is 13.9. The molecule has 4 nitrogen and oxygen atoms in total. The van der Waals surface area contributed by atoms with Gasteiger partial charge in [0.2, 0.25) is 5.91 Å². The first-order chi connectivity index (χ1) is 8.96. The summed E-state index contributed by atoms with van der Waals surface area (Å²) in [6, 6.07) is 0.675. The van der Waals surface area contributed by atoms with Crippen molar-refractivity contribution in [1.29, 1.82) is 0 Å². The third kappa shape index (κ3) is 4.46. The molecule has 2 heterocycles. The molecule has 1 amide bonds. The lowest BCUT2D eigenvalue weighted by atomic mass is 9.91. The second kappa shape index (κ2) is 6.23. The lowest BCUT2D eigenvalue weighted by Crippen LogP contribution is -2.53. The van der Waals surface area contributed by atoms with Crippen molar-refractivity contribution in [3.8, 4) is 0 Å². The first-order valence-corrected chi connectivity index (χ1v) is 7.55. The van der Waals surface area contributed by atoms with E-state index in [-0.39, 0.29) is 5.41 Å². The number of rotatable bonds is 2. The van der Waals surface area contributed by atoms with Crippen LogP contribution < -0.4 is 0 Å². The Morgan fingerprint density at radius 2 is 1.68 bits per heavy atom. The van der Waals surface area contributed by atoms with Crippen molar-refractivity contribution in [2.75, 3.05) is 39.4 Å². The molecule has 2 aliphatic heterocycles. The number of carbonyl (C=O) groups is 1. The molecule has 2 aliphatic rings. The Morgan fingerprint density at radius 1 is 1.11 bits per heavy atom. The van der Waals surface area contributed by atoms with Gasteiger partial charge in [-0.15, -0.1) is 0 Å². The summed E-state index contributed by atoms with van der Waals surface area (Å²) in [7, 11) is 0. The van der Waals surface area contributed by atoms with Gasteiger partial charge >= 0.3 is 0 Å². The lowest BCUT2D eigenvalue weighted by molar-refractivity contribution is -0.135. The molecule has 0 radical (unpaired) electrons. The van der Waals surface area contributed by atoms with Crippen LogP contribution in [-0.2, 0) is 9.53 Å². The standard InChI is InChI=1S/C15H28N2O2/c1-15(2,3)12-14(18)17-8-6-16(7-9-17)13-4-10-19-11-5-13/h13H,4-12H2,1-3H3. The minimum absolute atomic E-state index is 0.0922. The average molecular weight is 268 g/mol. The second-order valence-corrected chi connectivity index (χ2v) is 7.00. The maximum absolute atomic E-state index is 12.2. The Bertz CT molecular complexity index is 298. The van der Waals surface area contributed by atoms with Crippen molar-refractivity contribution in [3.05, 3.63) is 0 Å². The average Bonchev–Trinajstić information content (AvgIpc) is 2.38. The summed E-state index contributed by atoms with van der Waals surface area (Å²) in [5, 5.41) is 0. The van der Waals surface area contributed by atoms with Crippen LogP contribution in [0.2, 0.25) is 0 Å². The van der Waals surface area contributed by atoms with Crippen molar-refractivity contribution in [2.24, 2.45) is 5.41 Å². The molecule has 0 atom stereocenters. The second-order valence-electron chi connectivity index (χ2n) is 7.00. The van der Waals surface area contributed by atoms with Crippen LogP contribution in [0.1, 0.15) is 40.0 Å². The first-order valence-electron chi connectivity index (χ1n) is 7.55. The van der Waals surface area contributed by atoms with E-state index in [9.17, 15) is 4.79 Å². The molecule has 0 unspecified atom stereocenters. The fraction of sp³-hybridized carbons (Fsp3) is 0.933. The highest BCUT2D eigenvalue weighted by molar-refractivity contribution is 5.76. The van der Waals surface area contributed by atoms with Gasteiger partial charge in [0, 0.05) is 51.9 Å². The van der Waals surface area contributed by atoms with Crippen LogP contribution in [0.3, 0.4) is 0 Å². The molecular formula is C15H28N2O2. The molecular weight excluding hydrogens is 240 g/mol. The summed E-state index contributed by atoms with van der Waals surface area (Å²) in [6.07, 6.45) is 2.95. The Morgan fingerprint density at radius 3 is 2.21 bits per heavy atom. The van der Waals surface area contributed by atoms with Crippen LogP contribution >= 0.6 is 0 Å². The van der Waals surface area contributed by atoms with Crippen LogP contribution in [0.5, 0.6) is 0 Å². The van der Waals surface area contributed by atoms with Crippen molar-refractivity contribution < 1.29 is 9.53 Å². The fourth-order valence-electron chi connectivity index (χ4n) is 2.95. The lowest BCUT2D eigenvalue weighted by Gasteiger charge is -2.41. The topological polar surface area (TPSA) is 32.8 Å². The molecule has 19 heavy (non-hydrogen) atoms. The molecule has 0 spiro atoms. The summed E-state index contributed by atoms with van der Waals surface area (Å²) < 4.78 is 5.41. The molecule has 0 saturated carbocycles. The van der Waals surface area contributed by atoms with E-state index in [0.29, 0.717) is 18.4 Å². The molecule has 110 valence electrons. The summed E-state index contributed by atoms with van der Waals surface area (Å²) in [5.74, 6) is 0.319. The number of amides is 1. The molecule has 2 fully saturated rings.